The third kappa shape index (κ3) is 3.57. The van der Waals surface area contributed by atoms with Crippen molar-refractivity contribution in [1.82, 2.24) is 14.8 Å². The second kappa shape index (κ2) is 7.41. The first-order valence-corrected chi connectivity index (χ1v) is 8.39. The zero-order valence-electron chi connectivity index (χ0n) is 15.6. The van der Waals surface area contributed by atoms with E-state index in [9.17, 15) is 9.59 Å². The number of methoxy groups -OCH3 is 1. The average Bonchev–Trinajstić information content (AvgIpc) is 3.05. The lowest BCUT2D eigenvalue weighted by atomic mass is 10.0. The van der Waals surface area contributed by atoms with Gasteiger partial charge >= 0.3 is 5.97 Å². The van der Waals surface area contributed by atoms with Gasteiger partial charge in [0.1, 0.15) is 0 Å². The van der Waals surface area contributed by atoms with Crippen LogP contribution in [0.4, 0.5) is 5.69 Å². The van der Waals surface area contributed by atoms with E-state index >= 15 is 0 Å². The molecule has 0 bridgehead atoms. The molecule has 0 aliphatic carbocycles. The highest BCUT2D eigenvalue weighted by Gasteiger charge is 2.18. The summed E-state index contributed by atoms with van der Waals surface area (Å²) in [6.45, 7) is 5.50. The Morgan fingerprint density at radius 3 is 2.52 bits per heavy atom. The minimum atomic E-state index is -0.442. The summed E-state index contributed by atoms with van der Waals surface area (Å²) >= 11 is 0. The number of hydrogen-bond donors (Lipinski definition) is 1. The maximum atomic E-state index is 12.8. The highest BCUT2D eigenvalue weighted by Crippen LogP contribution is 2.23. The van der Waals surface area contributed by atoms with Crippen LogP contribution in [0.2, 0.25) is 0 Å². The molecule has 1 aromatic carbocycles. The number of nitrogens with one attached hydrogen (secondary N) is 1. The van der Waals surface area contributed by atoms with Gasteiger partial charge in [0.25, 0.3) is 5.91 Å². The molecule has 0 atom stereocenters. The highest BCUT2D eigenvalue weighted by molar-refractivity contribution is 6.06. The van der Waals surface area contributed by atoms with E-state index in [2.05, 4.69) is 15.4 Å². The summed E-state index contributed by atoms with van der Waals surface area (Å²) in [6, 6.07) is 8.95. The number of ether oxygens (including phenoxy) is 1. The Bertz CT molecular complexity index is 1010. The second-order valence-electron chi connectivity index (χ2n) is 6.17. The van der Waals surface area contributed by atoms with Gasteiger partial charge in [-0.15, -0.1) is 0 Å². The van der Waals surface area contributed by atoms with Crippen LogP contribution in [0.25, 0.3) is 5.82 Å². The molecule has 0 aliphatic heterocycles. The van der Waals surface area contributed by atoms with E-state index in [0.29, 0.717) is 28.3 Å². The largest absolute Gasteiger partial charge is 0.465 e. The summed E-state index contributed by atoms with van der Waals surface area (Å²) in [5.74, 6) is -0.117. The van der Waals surface area contributed by atoms with Crippen LogP contribution in [0, 0.1) is 20.8 Å². The Labute approximate surface area is 157 Å². The first-order chi connectivity index (χ1) is 12.9. The van der Waals surface area contributed by atoms with Crippen molar-refractivity contribution in [2.45, 2.75) is 20.8 Å². The van der Waals surface area contributed by atoms with Crippen molar-refractivity contribution < 1.29 is 14.3 Å². The molecule has 0 unspecified atom stereocenters. The van der Waals surface area contributed by atoms with Gasteiger partial charge in [0.05, 0.1) is 30.1 Å². The SMILES string of the molecule is COC(=O)c1cc(NC(=O)c2cnn(-c3ccccn3)c2C)c(C)cc1C. The molecular weight excluding hydrogens is 344 g/mol. The number of carbonyl (C=O) groups excluding carboxylic acids is 2. The number of benzene rings is 1. The van der Waals surface area contributed by atoms with Gasteiger partial charge in [-0.25, -0.2) is 14.5 Å². The average molecular weight is 364 g/mol. The number of esters is 1. The molecule has 0 radical (unpaired) electrons. The predicted molar refractivity (Wildman–Crippen MR) is 101 cm³/mol. The third-order valence-electron chi connectivity index (χ3n) is 4.35. The van der Waals surface area contributed by atoms with Gasteiger partial charge in [0.15, 0.2) is 5.82 Å². The quantitative estimate of drug-likeness (QED) is 0.718. The molecule has 0 aliphatic rings. The monoisotopic (exact) mass is 364 g/mol. The number of aryl methyl sites for hydroxylation is 2. The molecule has 3 rings (SSSR count). The van der Waals surface area contributed by atoms with Crippen LogP contribution in [0.15, 0.2) is 42.7 Å². The molecule has 2 aromatic heterocycles. The molecule has 7 heteroatoms. The van der Waals surface area contributed by atoms with E-state index < -0.39 is 5.97 Å². The Morgan fingerprint density at radius 1 is 1.07 bits per heavy atom. The lowest BCUT2D eigenvalue weighted by Gasteiger charge is -2.12. The normalized spacial score (nSPS) is 10.5. The molecule has 2 heterocycles. The minimum Gasteiger partial charge on any atom is -0.465 e. The van der Waals surface area contributed by atoms with Crippen LogP contribution in [0.5, 0.6) is 0 Å². The van der Waals surface area contributed by atoms with Crippen molar-refractivity contribution in [3.8, 4) is 5.82 Å². The van der Waals surface area contributed by atoms with E-state index in [0.717, 1.165) is 11.1 Å². The maximum absolute atomic E-state index is 12.8. The van der Waals surface area contributed by atoms with Crippen LogP contribution in [0.1, 0.15) is 37.5 Å². The van der Waals surface area contributed by atoms with Crippen LogP contribution >= 0.6 is 0 Å². The molecule has 27 heavy (non-hydrogen) atoms. The zero-order chi connectivity index (χ0) is 19.6. The van der Waals surface area contributed by atoms with Gasteiger partial charge < -0.3 is 10.1 Å². The van der Waals surface area contributed by atoms with Gasteiger partial charge in [0, 0.05) is 11.9 Å². The van der Waals surface area contributed by atoms with Crippen LogP contribution in [0.3, 0.4) is 0 Å². The molecule has 0 saturated heterocycles. The number of amides is 1. The molecule has 1 amide bonds. The van der Waals surface area contributed by atoms with Crippen LogP contribution < -0.4 is 5.32 Å². The Kier molecular flexibility index (Phi) is 5.03. The number of pyridine rings is 1. The summed E-state index contributed by atoms with van der Waals surface area (Å²) in [5.41, 5.74) is 3.71. The topological polar surface area (TPSA) is 86.1 Å². The fourth-order valence-corrected chi connectivity index (χ4v) is 2.85. The molecule has 1 N–H and O–H groups in total. The van der Waals surface area contributed by atoms with Crippen LogP contribution in [-0.4, -0.2) is 33.8 Å². The standard InChI is InChI=1S/C20H20N4O3/c1-12-9-13(2)17(10-15(12)20(26)27-4)23-19(25)16-11-22-24(14(16)3)18-7-5-6-8-21-18/h5-11H,1-4H3,(H,23,25). The van der Waals surface area contributed by atoms with Gasteiger partial charge in [-0.2, -0.15) is 5.10 Å². The molecule has 0 saturated carbocycles. The van der Waals surface area contributed by atoms with Crippen molar-refractivity contribution in [2.24, 2.45) is 0 Å². The van der Waals surface area contributed by atoms with E-state index in [-0.39, 0.29) is 5.91 Å². The first kappa shape index (κ1) is 18.3. The Balaban J connectivity index is 1.91. The second-order valence-corrected chi connectivity index (χ2v) is 6.17. The number of hydrogen-bond acceptors (Lipinski definition) is 5. The van der Waals surface area contributed by atoms with Crippen molar-refractivity contribution in [3.05, 3.63) is 70.7 Å². The summed E-state index contributed by atoms with van der Waals surface area (Å²) in [5, 5.41) is 7.12. The van der Waals surface area contributed by atoms with Crippen molar-refractivity contribution >= 4 is 17.6 Å². The van der Waals surface area contributed by atoms with Crippen molar-refractivity contribution in [1.29, 1.82) is 0 Å². The summed E-state index contributed by atoms with van der Waals surface area (Å²) in [4.78, 5) is 28.9. The molecule has 7 nitrogen and oxygen atoms in total. The Hall–Kier alpha value is -3.48. The van der Waals surface area contributed by atoms with E-state index in [4.69, 9.17) is 4.74 Å². The number of rotatable bonds is 4. The lowest BCUT2D eigenvalue weighted by Crippen LogP contribution is -2.15. The fourth-order valence-electron chi connectivity index (χ4n) is 2.85. The minimum absolute atomic E-state index is 0.308. The van der Waals surface area contributed by atoms with Gasteiger partial charge in [0.2, 0.25) is 0 Å². The fraction of sp³-hybridized carbons (Fsp3) is 0.200. The molecule has 138 valence electrons. The van der Waals surface area contributed by atoms with Gasteiger partial charge in [-0.1, -0.05) is 12.1 Å². The zero-order valence-corrected chi connectivity index (χ0v) is 15.6. The molecule has 0 fully saturated rings. The Morgan fingerprint density at radius 2 is 1.85 bits per heavy atom. The van der Waals surface area contributed by atoms with Gasteiger partial charge in [-0.05, 0) is 50.1 Å². The van der Waals surface area contributed by atoms with Crippen LogP contribution in [-0.2, 0) is 4.74 Å². The number of aromatic nitrogens is 3. The van der Waals surface area contributed by atoms with E-state index in [1.807, 2.05) is 38.1 Å². The van der Waals surface area contributed by atoms with E-state index in [1.165, 1.54) is 13.3 Å². The van der Waals surface area contributed by atoms with Crippen molar-refractivity contribution in [3.63, 3.8) is 0 Å². The smallest absolute Gasteiger partial charge is 0.338 e. The first-order valence-electron chi connectivity index (χ1n) is 8.39. The number of carbonyl (C=O) groups is 2. The summed E-state index contributed by atoms with van der Waals surface area (Å²) < 4.78 is 6.41. The predicted octanol–water partition coefficient (Wildman–Crippen LogP) is 3.23. The lowest BCUT2D eigenvalue weighted by molar-refractivity contribution is 0.0599. The molecular formula is C20H20N4O3. The molecule has 0 spiro atoms. The van der Waals surface area contributed by atoms with E-state index in [1.54, 1.807) is 23.9 Å². The number of nitrogens with zero attached hydrogens (tertiary/aromatic N) is 3. The van der Waals surface area contributed by atoms with Gasteiger partial charge in [-0.3, -0.25) is 4.79 Å². The third-order valence-corrected chi connectivity index (χ3v) is 4.35. The van der Waals surface area contributed by atoms with Crippen molar-refractivity contribution in [2.75, 3.05) is 12.4 Å². The highest BCUT2D eigenvalue weighted by atomic mass is 16.5. The maximum Gasteiger partial charge on any atom is 0.338 e. The number of anilines is 1. The molecule has 3 aromatic rings. The summed E-state index contributed by atoms with van der Waals surface area (Å²) in [6.07, 6.45) is 3.17. The summed E-state index contributed by atoms with van der Waals surface area (Å²) in [7, 11) is 1.33.